The van der Waals surface area contributed by atoms with Gasteiger partial charge >= 0.3 is 0 Å². The van der Waals surface area contributed by atoms with E-state index in [0.29, 0.717) is 0 Å². The Balaban J connectivity index is 1.90. The number of nitrogens with one attached hydrogen (secondary N) is 1. The molecule has 0 aliphatic heterocycles. The summed E-state index contributed by atoms with van der Waals surface area (Å²) in [4.78, 5) is 22.6. The van der Waals surface area contributed by atoms with Crippen LogP contribution in [0.2, 0.25) is 0 Å². The Morgan fingerprint density at radius 3 is 2.36 bits per heavy atom. The van der Waals surface area contributed by atoms with E-state index in [2.05, 4.69) is 4.72 Å². The summed E-state index contributed by atoms with van der Waals surface area (Å²) in [5, 5.41) is 11.7. The van der Waals surface area contributed by atoms with Gasteiger partial charge in [0.2, 0.25) is 5.78 Å². The van der Waals surface area contributed by atoms with E-state index in [1.54, 1.807) is 12.1 Å². The van der Waals surface area contributed by atoms with Gasteiger partial charge < -0.3 is 5.11 Å². The van der Waals surface area contributed by atoms with Gasteiger partial charge in [-0.15, -0.1) is 0 Å². The van der Waals surface area contributed by atoms with Crippen LogP contribution >= 0.6 is 0 Å². The first kappa shape index (κ1) is 19.3. The normalized spacial score (nSPS) is 12.0. The molecule has 2 N–H and O–H groups in total. The van der Waals surface area contributed by atoms with E-state index in [9.17, 15) is 23.1 Å². The second kappa shape index (κ2) is 7.66. The molecule has 0 unspecified atom stereocenters. The minimum atomic E-state index is -3.86. The Kier molecular flexibility index (Phi) is 5.28. The van der Waals surface area contributed by atoms with Crippen LogP contribution in [0.15, 0.2) is 77.7 Å². The molecular weight excluding hydrogens is 378 g/mol. The van der Waals surface area contributed by atoms with Crippen LogP contribution in [0, 0.1) is 0 Å². The molecule has 0 aromatic heterocycles. The number of hydrogen-bond acceptors (Lipinski definition) is 5. The van der Waals surface area contributed by atoms with Crippen LogP contribution in [0.25, 0.3) is 16.5 Å². The van der Waals surface area contributed by atoms with Crippen molar-refractivity contribution in [2.75, 3.05) is 4.72 Å². The van der Waals surface area contributed by atoms with E-state index in [1.165, 1.54) is 30.3 Å². The predicted octanol–water partition coefficient (Wildman–Crippen LogP) is 3.70. The molecule has 0 atom stereocenters. The summed E-state index contributed by atoms with van der Waals surface area (Å²) >= 11 is 0. The van der Waals surface area contributed by atoms with Gasteiger partial charge in [-0.25, -0.2) is 8.42 Å². The van der Waals surface area contributed by atoms with Gasteiger partial charge in [-0.1, -0.05) is 42.5 Å². The molecule has 0 saturated carbocycles. The maximum atomic E-state index is 12.7. The van der Waals surface area contributed by atoms with Crippen molar-refractivity contribution < 1.29 is 23.1 Å². The van der Waals surface area contributed by atoms with Gasteiger partial charge in [-0.3, -0.25) is 14.3 Å². The van der Waals surface area contributed by atoms with Crippen molar-refractivity contribution in [1.29, 1.82) is 0 Å². The summed E-state index contributed by atoms with van der Waals surface area (Å²) in [5.74, 6) is -1.98. The fourth-order valence-corrected chi connectivity index (χ4v) is 3.68. The molecule has 0 saturated heterocycles. The van der Waals surface area contributed by atoms with Crippen LogP contribution in [0.5, 0.6) is 0 Å². The first-order chi connectivity index (χ1) is 13.3. The number of hydrogen-bond donors (Lipinski definition) is 2. The van der Waals surface area contributed by atoms with Crippen molar-refractivity contribution in [3.63, 3.8) is 0 Å². The van der Waals surface area contributed by atoms with Crippen LogP contribution in [0.3, 0.4) is 0 Å². The molecule has 142 valence electrons. The molecule has 7 heteroatoms. The van der Waals surface area contributed by atoms with E-state index in [4.69, 9.17) is 0 Å². The highest BCUT2D eigenvalue weighted by Crippen LogP contribution is 2.23. The van der Waals surface area contributed by atoms with Crippen LogP contribution in [-0.2, 0) is 19.6 Å². The van der Waals surface area contributed by atoms with Gasteiger partial charge in [0.1, 0.15) is 5.76 Å². The summed E-state index contributed by atoms with van der Waals surface area (Å²) < 4.78 is 27.9. The molecule has 3 rings (SSSR count). The van der Waals surface area contributed by atoms with Gasteiger partial charge in [0.25, 0.3) is 10.0 Å². The Morgan fingerprint density at radius 1 is 0.929 bits per heavy atom. The van der Waals surface area contributed by atoms with Gasteiger partial charge in [0.05, 0.1) is 4.90 Å². The van der Waals surface area contributed by atoms with E-state index in [1.807, 2.05) is 24.3 Å². The molecule has 0 aliphatic carbocycles. The average Bonchev–Trinajstić information content (AvgIpc) is 2.67. The van der Waals surface area contributed by atoms with E-state index >= 15 is 0 Å². The Labute approximate surface area is 162 Å². The van der Waals surface area contributed by atoms with Crippen LogP contribution in [0.1, 0.15) is 12.5 Å². The minimum absolute atomic E-state index is 0.100. The largest absolute Gasteiger partial charge is 0.507 e. The minimum Gasteiger partial charge on any atom is -0.507 e. The molecule has 0 bridgehead atoms. The van der Waals surface area contributed by atoms with Gasteiger partial charge in [0, 0.05) is 24.3 Å². The van der Waals surface area contributed by atoms with Gasteiger partial charge in [-0.2, -0.15) is 0 Å². The van der Waals surface area contributed by atoms with E-state index in [-0.39, 0.29) is 16.1 Å². The molecule has 3 aromatic carbocycles. The molecule has 3 aromatic rings. The number of carbonyl (C=O) groups excluding carboxylic acids is 2. The van der Waals surface area contributed by atoms with E-state index < -0.39 is 27.3 Å². The lowest BCUT2D eigenvalue weighted by Gasteiger charge is -2.10. The molecule has 0 radical (unpaired) electrons. The van der Waals surface area contributed by atoms with Gasteiger partial charge in [0.15, 0.2) is 5.78 Å². The topological polar surface area (TPSA) is 101 Å². The zero-order valence-electron chi connectivity index (χ0n) is 14.9. The summed E-state index contributed by atoms with van der Waals surface area (Å²) in [6, 6.07) is 18.1. The third-order valence-electron chi connectivity index (χ3n) is 4.06. The number of ketones is 2. The fraction of sp³-hybridized carbons (Fsp3) is 0.0476. The summed E-state index contributed by atoms with van der Waals surface area (Å²) in [6.45, 7) is 1.10. The maximum Gasteiger partial charge on any atom is 0.261 e. The number of Topliss-reactive ketones (excluding diaryl/α,β-unsaturated/α-hetero) is 1. The molecule has 0 amide bonds. The molecule has 0 heterocycles. The van der Waals surface area contributed by atoms with Crippen molar-refractivity contribution in [2.24, 2.45) is 0 Å². The lowest BCUT2D eigenvalue weighted by atomic mass is 10.1. The van der Waals surface area contributed by atoms with Crippen molar-refractivity contribution in [3.05, 3.63) is 78.4 Å². The van der Waals surface area contributed by atoms with Crippen LogP contribution in [0.4, 0.5) is 5.69 Å². The highest BCUT2D eigenvalue weighted by atomic mass is 32.2. The molecule has 28 heavy (non-hydrogen) atoms. The van der Waals surface area contributed by atoms with E-state index in [0.717, 1.165) is 23.8 Å². The maximum absolute atomic E-state index is 12.7. The SMILES string of the molecule is CC(=O)C(=O)/C=C(\O)c1cccc(NS(=O)(=O)c2ccc3ccccc3c2)c1. The predicted molar refractivity (Wildman–Crippen MR) is 107 cm³/mol. The zero-order chi connectivity index (χ0) is 20.3. The molecular formula is C21H17NO5S. The van der Waals surface area contributed by atoms with Crippen molar-refractivity contribution in [3.8, 4) is 0 Å². The number of anilines is 1. The molecule has 0 spiro atoms. The number of allylic oxidation sites excluding steroid dienone is 1. The third-order valence-corrected chi connectivity index (χ3v) is 5.44. The standard InChI is InChI=1S/C21H17NO5S/c1-14(23)20(24)13-21(25)17-7-4-8-18(11-17)22-28(26,27)19-10-9-15-5-2-3-6-16(15)12-19/h2-13,22,25H,1H3/b21-13-. The number of benzene rings is 3. The zero-order valence-corrected chi connectivity index (χ0v) is 15.7. The Hall–Kier alpha value is -3.45. The smallest absolute Gasteiger partial charge is 0.261 e. The monoisotopic (exact) mass is 395 g/mol. The number of carbonyl (C=O) groups is 2. The second-order valence-corrected chi connectivity index (χ2v) is 7.83. The highest BCUT2D eigenvalue weighted by Gasteiger charge is 2.15. The quantitative estimate of drug-likeness (QED) is 0.377. The number of sulfonamides is 1. The highest BCUT2D eigenvalue weighted by molar-refractivity contribution is 7.92. The summed E-state index contributed by atoms with van der Waals surface area (Å²) in [5.41, 5.74) is 0.411. The first-order valence-electron chi connectivity index (χ1n) is 8.34. The second-order valence-electron chi connectivity index (χ2n) is 6.15. The number of aliphatic hydroxyl groups is 1. The van der Waals surface area contributed by atoms with Crippen LogP contribution in [-0.4, -0.2) is 25.1 Å². The van der Waals surface area contributed by atoms with Crippen molar-refractivity contribution in [1.82, 2.24) is 0 Å². The Bertz CT molecular complexity index is 1210. The van der Waals surface area contributed by atoms with Crippen LogP contribution < -0.4 is 4.72 Å². The number of fused-ring (bicyclic) bond motifs is 1. The number of aliphatic hydroxyl groups excluding tert-OH is 1. The first-order valence-corrected chi connectivity index (χ1v) is 9.82. The van der Waals surface area contributed by atoms with Crippen molar-refractivity contribution in [2.45, 2.75) is 11.8 Å². The number of rotatable bonds is 6. The lowest BCUT2D eigenvalue weighted by Crippen LogP contribution is -2.13. The summed E-state index contributed by atoms with van der Waals surface area (Å²) in [7, 11) is -3.86. The average molecular weight is 395 g/mol. The fourth-order valence-electron chi connectivity index (χ4n) is 2.60. The molecule has 0 fully saturated rings. The van der Waals surface area contributed by atoms with Gasteiger partial charge in [-0.05, 0) is 35.0 Å². The Morgan fingerprint density at radius 2 is 1.64 bits per heavy atom. The molecule has 0 aliphatic rings. The third kappa shape index (κ3) is 4.27. The lowest BCUT2D eigenvalue weighted by molar-refractivity contribution is -0.132. The summed E-state index contributed by atoms with van der Waals surface area (Å²) in [6.07, 6.45) is 0.805. The molecule has 6 nitrogen and oxygen atoms in total. The van der Waals surface area contributed by atoms with Crippen molar-refractivity contribution >= 4 is 43.8 Å².